The van der Waals surface area contributed by atoms with Crippen molar-refractivity contribution < 1.29 is 24.5 Å². The van der Waals surface area contributed by atoms with Gasteiger partial charge in [0.25, 0.3) is 0 Å². The zero-order valence-electron chi connectivity index (χ0n) is 17.1. The molecule has 1 aliphatic carbocycles. The number of phenols is 1. The highest BCUT2D eigenvalue weighted by atomic mass is 16.5. The number of hydrogen-bond acceptors (Lipinski definition) is 7. The van der Waals surface area contributed by atoms with Gasteiger partial charge in [0.15, 0.2) is 5.78 Å². The number of piperazine rings is 1. The van der Waals surface area contributed by atoms with E-state index < -0.39 is 12.4 Å². The summed E-state index contributed by atoms with van der Waals surface area (Å²) >= 11 is 0. The van der Waals surface area contributed by atoms with Crippen molar-refractivity contribution >= 4 is 11.6 Å². The molecule has 0 saturated carbocycles. The van der Waals surface area contributed by atoms with Crippen LogP contribution in [0.4, 0.5) is 0 Å². The molecule has 0 unspecified atom stereocenters. The summed E-state index contributed by atoms with van der Waals surface area (Å²) in [6.45, 7) is 5.11. The van der Waals surface area contributed by atoms with E-state index in [0.29, 0.717) is 12.4 Å². The van der Waals surface area contributed by atoms with Crippen LogP contribution in [0.1, 0.15) is 43.8 Å². The number of carbonyl (C=O) groups is 2. The maximum atomic E-state index is 13.2. The third kappa shape index (κ3) is 3.71. The van der Waals surface area contributed by atoms with Crippen LogP contribution in [-0.4, -0.2) is 78.0 Å². The Bertz CT molecular complexity index is 980. The van der Waals surface area contributed by atoms with Crippen molar-refractivity contribution in [3.05, 3.63) is 58.1 Å². The molecule has 1 fully saturated rings. The van der Waals surface area contributed by atoms with Crippen LogP contribution in [0.3, 0.4) is 0 Å². The number of aromatic hydroxyl groups is 1. The van der Waals surface area contributed by atoms with E-state index in [1.165, 1.54) is 12.1 Å². The first-order valence-corrected chi connectivity index (χ1v) is 10.2. The molecule has 2 N–H and O–H groups in total. The summed E-state index contributed by atoms with van der Waals surface area (Å²) in [5.74, 6) is -0.781. The number of rotatable bonds is 6. The van der Waals surface area contributed by atoms with E-state index in [9.17, 15) is 19.8 Å². The molecule has 0 aromatic heterocycles. The predicted molar refractivity (Wildman–Crippen MR) is 111 cm³/mol. The second-order valence-electron chi connectivity index (χ2n) is 7.84. The zero-order valence-corrected chi connectivity index (χ0v) is 17.1. The standard InChI is InChI=1S/C23H26N2O5/c1-24-9-11-25(12-10-24)8-3-13-30-18-5-2-4-16-19(18)23(29)20-17(22(16)28)7-6-15(14-26)21(20)27/h2,4-7,26-27H,3,8-14H2,1H3. The van der Waals surface area contributed by atoms with Crippen LogP contribution in [0, 0.1) is 0 Å². The fourth-order valence-electron chi connectivity index (χ4n) is 4.07. The molecule has 2 aromatic carbocycles. The number of aliphatic hydroxyl groups is 1. The van der Waals surface area contributed by atoms with Gasteiger partial charge in [-0.05, 0) is 25.6 Å². The minimum Gasteiger partial charge on any atom is -0.507 e. The van der Waals surface area contributed by atoms with E-state index in [0.717, 1.165) is 39.1 Å². The molecule has 1 heterocycles. The molecular weight excluding hydrogens is 384 g/mol. The third-order valence-electron chi connectivity index (χ3n) is 5.87. The smallest absolute Gasteiger partial charge is 0.201 e. The minimum atomic E-state index is -0.456. The molecule has 0 atom stereocenters. The van der Waals surface area contributed by atoms with Gasteiger partial charge < -0.3 is 24.7 Å². The summed E-state index contributed by atoms with van der Waals surface area (Å²) in [4.78, 5) is 30.8. The topological polar surface area (TPSA) is 90.3 Å². The number of fused-ring (bicyclic) bond motifs is 2. The average Bonchev–Trinajstić information content (AvgIpc) is 2.76. The number of likely N-dealkylation sites (N-methyl/N-ethyl adjacent to an activating group) is 1. The Morgan fingerprint density at radius 3 is 2.43 bits per heavy atom. The summed E-state index contributed by atoms with van der Waals surface area (Å²) < 4.78 is 5.91. The van der Waals surface area contributed by atoms with Crippen LogP contribution in [-0.2, 0) is 6.61 Å². The fourth-order valence-corrected chi connectivity index (χ4v) is 4.07. The van der Waals surface area contributed by atoms with Crippen LogP contribution < -0.4 is 4.74 Å². The van der Waals surface area contributed by atoms with Crippen LogP contribution >= 0.6 is 0 Å². The van der Waals surface area contributed by atoms with E-state index in [-0.39, 0.29) is 39.4 Å². The molecular formula is C23H26N2O5. The van der Waals surface area contributed by atoms with Gasteiger partial charge in [-0.15, -0.1) is 0 Å². The van der Waals surface area contributed by atoms with Gasteiger partial charge in [-0.1, -0.05) is 18.2 Å². The van der Waals surface area contributed by atoms with Crippen molar-refractivity contribution in [2.24, 2.45) is 0 Å². The highest BCUT2D eigenvalue weighted by Gasteiger charge is 2.35. The monoisotopic (exact) mass is 410 g/mol. The fraction of sp³-hybridized carbons (Fsp3) is 0.391. The third-order valence-corrected chi connectivity index (χ3v) is 5.87. The van der Waals surface area contributed by atoms with Crippen LogP contribution in [0.5, 0.6) is 11.5 Å². The van der Waals surface area contributed by atoms with E-state index >= 15 is 0 Å². The van der Waals surface area contributed by atoms with Crippen LogP contribution in [0.25, 0.3) is 0 Å². The largest absolute Gasteiger partial charge is 0.507 e. The maximum absolute atomic E-state index is 13.2. The molecule has 30 heavy (non-hydrogen) atoms. The van der Waals surface area contributed by atoms with Crippen molar-refractivity contribution in [2.45, 2.75) is 13.0 Å². The average molecular weight is 410 g/mol. The molecule has 1 saturated heterocycles. The van der Waals surface area contributed by atoms with E-state index in [4.69, 9.17) is 4.74 Å². The second-order valence-corrected chi connectivity index (χ2v) is 7.84. The Morgan fingerprint density at radius 2 is 1.70 bits per heavy atom. The number of nitrogens with zero attached hydrogens (tertiary/aromatic N) is 2. The first kappa shape index (κ1) is 20.5. The number of ether oxygens (including phenoxy) is 1. The van der Waals surface area contributed by atoms with Crippen molar-refractivity contribution in [3.63, 3.8) is 0 Å². The Kier molecular flexibility index (Phi) is 5.85. The molecule has 0 radical (unpaired) electrons. The molecule has 2 aromatic rings. The SMILES string of the molecule is CN1CCN(CCCOc2cccc3c2C(=O)c2c(ccc(CO)c2O)C3=O)CC1. The Labute approximate surface area is 175 Å². The van der Waals surface area contributed by atoms with Crippen LogP contribution in [0.2, 0.25) is 0 Å². The van der Waals surface area contributed by atoms with Gasteiger partial charge in [0.2, 0.25) is 5.78 Å². The number of aliphatic hydroxyl groups excluding tert-OH is 1. The van der Waals surface area contributed by atoms with Crippen LogP contribution in [0.15, 0.2) is 30.3 Å². The molecule has 0 bridgehead atoms. The van der Waals surface area contributed by atoms with Gasteiger partial charge in [-0.2, -0.15) is 0 Å². The lowest BCUT2D eigenvalue weighted by Gasteiger charge is -2.32. The van der Waals surface area contributed by atoms with Gasteiger partial charge in [0.05, 0.1) is 24.3 Å². The summed E-state index contributed by atoms with van der Waals surface area (Å²) in [7, 11) is 2.12. The quantitative estimate of drug-likeness (QED) is 0.598. The van der Waals surface area contributed by atoms with Gasteiger partial charge in [0.1, 0.15) is 11.5 Å². The van der Waals surface area contributed by atoms with Gasteiger partial charge >= 0.3 is 0 Å². The lowest BCUT2D eigenvalue weighted by Crippen LogP contribution is -2.44. The number of benzene rings is 2. The van der Waals surface area contributed by atoms with Gasteiger partial charge in [0, 0.05) is 49.4 Å². The normalized spacial score (nSPS) is 17.0. The first-order valence-electron chi connectivity index (χ1n) is 10.2. The summed E-state index contributed by atoms with van der Waals surface area (Å²) in [5, 5.41) is 19.8. The second kappa shape index (κ2) is 8.55. The summed E-state index contributed by atoms with van der Waals surface area (Å²) in [6.07, 6.45) is 0.812. The number of ketones is 2. The molecule has 158 valence electrons. The molecule has 0 amide bonds. The Hall–Kier alpha value is -2.74. The maximum Gasteiger partial charge on any atom is 0.201 e. The van der Waals surface area contributed by atoms with Crippen molar-refractivity contribution in [1.82, 2.24) is 9.80 Å². The van der Waals surface area contributed by atoms with Crippen molar-refractivity contribution in [1.29, 1.82) is 0 Å². The lowest BCUT2D eigenvalue weighted by atomic mass is 9.82. The molecule has 0 spiro atoms. The predicted octanol–water partition coefficient (Wildman–Crippen LogP) is 1.68. The van der Waals surface area contributed by atoms with E-state index in [1.807, 2.05) is 0 Å². The summed E-state index contributed by atoms with van der Waals surface area (Å²) in [6, 6.07) is 7.92. The number of carbonyl (C=O) groups excluding carboxylic acids is 2. The Morgan fingerprint density at radius 1 is 0.967 bits per heavy atom. The number of hydrogen-bond donors (Lipinski definition) is 2. The molecule has 7 nitrogen and oxygen atoms in total. The van der Waals surface area contributed by atoms with Gasteiger partial charge in [-0.25, -0.2) is 0 Å². The van der Waals surface area contributed by atoms with Crippen molar-refractivity contribution in [3.8, 4) is 11.5 Å². The van der Waals surface area contributed by atoms with E-state index in [2.05, 4.69) is 16.8 Å². The van der Waals surface area contributed by atoms with E-state index in [1.54, 1.807) is 18.2 Å². The van der Waals surface area contributed by atoms with Gasteiger partial charge in [-0.3, -0.25) is 9.59 Å². The Balaban J connectivity index is 1.51. The first-order chi connectivity index (χ1) is 14.5. The van der Waals surface area contributed by atoms with Crippen molar-refractivity contribution in [2.75, 3.05) is 46.4 Å². The minimum absolute atomic E-state index is 0.0625. The highest BCUT2D eigenvalue weighted by Crippen LogP contribution is 2.38. The molecule has 2 aliphatic rings. The highest BCUT2D eigenvalue weighted by molar-refractivity contribution is 6.30. The molecule has 1 aliphatic heterocycles. The zero-order chi connectivity index (χ0) is 21.3. The summed E-state index contributed by atoms with van der Waals surface area (Å²) in [5.41, 5.74) is 0.756. The molecule has 4 rings (SSSR count). The molecule has 7 heteroatoms. The lowest BCUT2D eigenvalue weighted by molar-refractivity contribution is 0.0972.